The molecule has 72 valence electrons. The topological polar surface area (TPSA) is 35.0 Å². The second kappa shape index (κ2) is 3.85. The molecule has 2 rings (SSSR count). The number of hydrogen-bond acceptors (Lipinski definition) is 3. The molecule has 0 saturated heterocycles. The quantitative estimate of drug-likeness (QED) is 0.563. The molecule has 0 radical (unpaired) electrons. The second-order valence-corrected chi connectivity index (χ2v) is 3.54. The Morgan fingerprint density at radius 2 is 2.36 bits per heavy atom. The minimum absolute atomic E-state index is 0.206. The van der Waals surface area contributed by atoms with E-state index in [0.717, 1.165) is 18.7 Å². The smallest absolute Gasteiger partial charge is 0.219 e. The molecule has 1 aliphatic rings. The monoisotopic (exact) mass is 208 g/mol. The van der Waals surface area contributed by atoms with Gasteiger partial charge in [0.05, 0.1) is 0 Å². The molecule has 0 amide bonds. The van der Waals surface area contributed by atoms with E-state index >= 15 is 0 Å². The summed E-state index contributed by atoms with van der Waals surface area (Å²) in [7, 11) is 0. The van der Waals surface area contributed by atoms with Crippen LogP contribution in [0.25, 0.3) is 0 Å². The highest BCUT2D eigenvalue weighted by molar-refractivity contribution is 6.29. The number of aromatic nitrogens is 2. The first kappa shape index (κ1) is 9.29. The van der Waals surface area contributed by atoms with Gasteiger partial charge >= 0.3 is 0 Å². The van der Waals surface area contributed by atoms with Gasteiger partial charge in [0.2, 0.25) is 5.88 Å². The van der Waals surface area contributed by atoms with Crippen molar-refractivity contribution in [3.8, 4) is 18.2 Å². The summed E-state index contributed by atoms with van der Waals surface area (Å²) in [6.45, 7) is 0.206. The molecular weight excluding hydrogens is 200 g/mol. The predicted octanol–water partition coefficient (Wildman–Crippen LogP) is 2.02. The fraction of sp³-hybridized carbons (Fsp3) is 0.400. The Labute approximate surface area is 87.5 Å². The van der Waals surface area contributed by atoms with Crippen LogP contribution >= 0.6 is 11.6 Å². The van der Waals surface area contributed by atoms with Gasteiger partial charge in [-0.3, -0.25) is 0 Å². The largest absolute Gasteiger partial charge is 0.464 e. The lowest BCUT2D eigenvalue weighted by atomic mass is 10.4. The van der Waals surface area contributed by atoms with E-state index in [2.05, 4.69) is 15.9 Å². The zero-order valence-corrected chi connectivity index (χ0v) is 8.29. The highest BCUT2D eigenvalue weighted by atomic mass is 35.5. The van der Waals surface area contributed by atoms with Crippen molar-refractivity contribution < 1.29 is 4.74 Å². The van der Waals surface area contributed by atoms with Crippen LogP contribution in [0, 0.1) is 12.3 Å². The van der Waals surface area contributed by atoms with Crippen molar-refractivity contribution in [2.75, 3.05) is 6.61 Å². The van der Waals surface area contributed by atoms with Crippen LogP contribution < -0.4 is 4.74 Å². The molecule has 1 aromatic heterocycles. The van der Waals surface area contributed by atoms with Gasteiger partial charge in [-0.15, -0.1) is 6.42 Å². The molecule has 1 fully saturated rings. The summed E-state index contributed by atoms with van der Waals surface area (Å²) in [6.07, 6.45) is 7.34. The summed E-state index contributed by atoms with van der Waals surface area (Å²) >= 11 is 5.82. The molecule has 4 heteroatoms. The number of nitrogens with zero attached hydrogens (tertiary/aromatic N) is 2. The molecule has 0 bridgehead atoms. The molecule has 0 N–H and O–H groups in total. The first-order valence-corrected chi connectivity index (χ1v) is 4.78. The van der Waals surface area contributed by atoms with Crippen LogP contribution in [0.15, 0.2) is 6.07 Å². The molecule has 1 aliphatic carbocycles. The highest BCUT2D eigenvalue weighted by Gasteiger charge is 2.27. The second-order valence-electron chi connectivity index (χ2n) is 3.15. The molecule has 0 atom stereocenters. The van der Waals surface area contributed by atoms with Crippen molar-refractivity contribution in [1.29, 1.82) is 0 Å². The molecule has 1 heterocycles. The molecule has 0 aliphatic heterocycles. The Kier molecular flexibility index (Phi) is 2.55. The van der Waals surface area contributed by atoms with Gasteiger partial charge in [-0.1, -0.05) is 17.5 Å². The zero-order valence-electron chi connectivity index (χ0n) is 7.53. The van der Waals surface area contributed by atoms with Crippen molar-refractivity contribution in [3.63, 3.8) is 0 Å². The van der Waals surface area contributed by atoms with Gasteiger partial charge in [-0.2, -0.15) is 4.98 Å². The van der Waals surface area contributed by atoms with Crippen LogP contribution in [0.2, 0.25) is 5.15 Å². The Bertz CT molecular complexity index is 382. The van der Waals surface area contributed by atoms with Crippen LogP contribution in [0.3, 0.4) is 0 Å². The first-order valence-electron chi connectivity index (χ1n) is 4.40. The lowest BCUT2D eigenvalue weighted by Crippen LogP contribution is -2.00. The Morgan fingerprint density at radius 3 is 3.00 bits per heavy atom. The third-order valence-electron chi connectivity index (χ3n) is 1.93. The minimum atomic E-state index is 0.206. The van der Waals surface area contributed by atoms with E-state index in [1.165, 1.54) is 0 Å². The van der Waals surface area contributed by atoms with E-state index in [4.69, 9.17) is 22.8 Å². The Balaban J connectivity index is 2.18. The van der Waals surface area contributed by atoms with Gasteiger partial charge in [0.1, 0.15) is 11.0 Å². The molecule has 0 aromatic carbocycles. The van der Waals surface area contributed by atoms with Gasteiger partial charge in [-0.05, 0) is 12.8 Å². The number of hydrogen-bond donors (Lipinski definition) is 0. The summed E-state index contributed by atoms with van der Waals surface area (Å²) < 4.78 is 5.18. The predicted molar refractivity (Wildman–Crippen MR) is 53.3 cm³/mol. The lowest BCUT2D eigenvalue weighted by molar-refractivity contribution is 0.353. The average Bonchev–Trinajstić information content (AvgIpc) is 2.97. The van der Waals surface area contributed by atoms with Crippen molar-refractivity contribution >= 4 is 11.6 Å². The van der Waals surface area contributed by atoms with E-state index < -0.39 is 0 Å². The van der Waals surface area contributed by atoms with E-state index in [1.807, 2.05) is 0 Å². The SMILES string of the molecule is C#CCOc1cc(Cl)nc(C2CC2)n1. The fourth-order valence-corrected chi connectivity index (χ4v) is 1.31. The van der Waals surface area contributed by atoms with Gasteiger partial charge < -0.3 is 4.74 Å². The lowest BCUT2D eigenvalue weighted by Gasteiger charge is -2.03. The summed E-state index contributed by atoms with van der Waals surface area (Å²) in [5.41, 5.74) is 0. The third kappa shape index (κ3) is 2.15. The summed E-state index contributed by atoms with van der Waals surface area (Å²) in [6, 6.07) is 1.57. The number of halogens is 1. The molecule has 14 heavy (non-hydrogen) atoms. The van der Waals surface area contributed by atoms with Crippen molar-refractivity contribution in [1.82, 2.24) is 9.97 Å². The number of ether oxygens (including phenoxy) is 1. The minimum Gasteiger partial charge on any atom is -0.464 e. The number of rotatable bonds is 3. The van der Waals surface area contributed by atoms with Gasteiger partial charge in [0, 0.05) is 12.0 Å². The Morgan fingerprint density at radius 1 is 1.57 bits per heavy atom. The standard InChI is InChI=1S/C10H9ClN2O/c1-2-5-14-9-6-8(11)12-10(13-9)7-3-4-7/h1,6-7H,3-5H2. The van der Waals surface area contributed by atoms with E-state index in [1.54, 1.807) is 6.07 Å². The van der Waals surface area contributed by atoms with Crippen LogP contribution in [0.1, 0.15) is 24.6 Å². The maximum Gasteiger partial charge on any atom is 0.219 e. The van der Waals surface area contributed by atoms with E-state index in [0.29, 0.717) is 17.0 Å². The van der Waals surface area contributed by atoms with E-state index in [9.17, 15) is 0 Å². The summed E-state index contributed by atoms with van der Waals surface area (Å²) in [5.74, 6) is 4.07. The van der Waals surface area contributed by atoms with Crippen molar-refractivity contribution in [2.24, 2.45) is 0 Å². The van der Waals surface area contributed by atoms with E-state index in [-0.39, 0.29) is 6.61 Å². The molecule has 0 spiro atoms. The fourth-order valence-electron chi connectivity index (χ4n) is 1.13. The summed E-state index contributed by atoms with van der Waals surface area (Å²) in [4.78, 5) is 8.35. The van der Waals surface area contributed by atoms with Crippen molar-refractivity contribution in [2.45, 2.75) is 18.8 Å². The number of terminal acetylenes is 1. The molecule has 1 aromatic rings. The van der Waals surface area contributed by atoms with Crippen LogP contribution in [-0.4, -0.2) is 16.6 Å². The van der Waals surface area contributed by atoms with Crippen molar-refractivity contribution in [3.05, 3.63) is 17.0 Å². The third-order valence-corrected chi connectivity index (χ3v) is 2.13. The molecule has 1 saturated carbocycles. The Hall–Kier alpha value is -1.27. The molecule has 0 unspecified atom stereocenters. The zero-order chi connectivity index (χ0) is 9.97. The first-order chi connectivity index (χ1) is 6.79. The van der Waals surface area contributed by atoms with Crippen LogP contribution in [0.4, 0.5) is 0 Å². The average molecular weight is 209 g/mol. The van der Waals surface area contributed by atoms with Crippen LogP contribution in [0.5, 0.6) is 5.88 Å². The van der Waals surface area contributed by atoms with Crippen LogP contribution in [-0.2, 0) is 0 Å². The highest BCUT2D eigenvalue weighted by Crippen LogP contribution is 2.38. The summed E-state index contributed by atoms with van der Waals surface area (Å²) in [5, 5.41) is 0.411. The molecular formula is C10H9ClN2O. The maximum absolute atomic E-state index is 5.82. The van der Waals surface area contributed by atoms with Gasteiger partial charge in [0.25, 0.3) is 0 Å². The molecule has 3 nitrogen and oxygen atoms in total. The maximum atomic E-state index is 5.82. The van der Waals surface area contributed by atoms with Gasteiger partial charge in [0.15, 0.2) is 6.61 Å². The van der Waals surface area contributed by atoms with Gasteiger partial charge in [-0.25, -0.2) is 4.98 Å². The normalized spacial score (nSPS) is 14.9.